The van der Waals surface area contributed by atoms with Crippen molar-refractivity contribution in [2.24, 2.45) is 16.6 Å². The van der Waals surface area contributed by atoms with Crippen LogP contribution in [0.2, 0.25) is 0 Å². The summed E-state index contributed by atoms with van der Waals surface area (Å²) in [6.45, 7) is 4.68. The van der Waals surface area contributed by atoms with Gasteiger partial charge in [0.05, 0.1) is 5.69 Å². The minimum absolute atomic E-state index is 0.132. The van der Waals surface area contributed by atoms with Gasteiger partial charge < -0.3 is 16.0 Å². The summed E-state index contributed by atoms with van der Waals surface area (Å²) >= 11 is 0. The highest BCUT2D eigenvalue weighted by Gasteiger charge is 2.34. The SMILES string of the molecule is Cc1cc(C)nc(/N=C(\N)Nc2ccc(N3CCCC4CCCCC43)c(F)c2)n1. The molecule has 3 N–H and O–H groups in total. The number of aliphatic imine (C=N–C) groups is 1. The van der Waals surface area contributed by atoms with E-state index in [2.05, 4.69) is 25.2 Å². The number of hydrogen-bond donors (Lipinski definition) is 2. The molecule has 154 valence electrons. The molecule has 1 saturated carbocycles. The Kier molecular flexibility index (Phi) is 5.65. The molecule has 29 heavy (non-hydrogen) atoms. The monoisotopic (exact) mass is 396 g/mol. The number of nitrogens with two attached hydrogens (primary N) is 1. The first-order valence-electron chi connectivity index (χ1n) is 10.5. The van der Waals surface area contributed by atoms with Crippen LogP contribution in [-0.4, -0.2) is 28.5 Å². The second-order valence-corrected chi connectivity index (χ2v) is 8.19. The van der Waals surface area contributed by atoms with Crippen LogP contribution in [-0.2, 0) is 0 Å². The highest BCUT2D eigenvalue weighted by molar-refractivity contribution is 5.93. The zero-order valence-corrected chi connectivity index (χ0v) is 17.2. The van der Waals surface area contributed by atoms with Crippen molar-refractivity contribution >= 4 is 23.3 Å². The van der Waals surface area contributed by atoms with E-state index in [1.54, 1.807) is 0 Å². The molecule has 0 spiro atoms. The van der Waals surface area contributed by atoms with Gasteiger partial charge in [-0.25, -0.2) is 14.4 Å². The van der Waals surface area contributed by atoms with Crippen LogP contribution < -0.4 is 16.0 Å². The predicted molar refractivity (Wildman–Crippen MR) is 115 cm³/mol. The van der Waals surface area contributed by atoms with Crippen molar-refractivity contribution in [1.29, 1.82) is 0 Å². The smallest absolute Gasteiger partial charge is 0.253 e. The average molecular weight is 397 g/mol. The Labute approximate surface area is 171 Å². The third-order valence-electron chi connectivity index (χ3n) is 5.96. The summed E-state index contributed by atoms with van der Waals surface area (Å²) in [5, 5.41) is 2.95. The average Bonchev–Trinajstić information content (AvgIpc) is 2.67. The van der Waals surface area contributed by atoms with Gasteiger partial charge in [-0.05, 0) is 69.7 Å². The van der Waals surface area contributed by atoms with Crippen molar-refractivity contribution in [3.63, 3.8) is 0 Å². The van der Waals surface area contributed by atoms with Gasteiger partial charge in [0, 0.05) is 29.7 Å². The number of fused-ring (bicyclic) bond motifs is 1. The van der Waals surface area contributed by atoms with Gasteiger partial charge in [0.15, 0.2) is 0 Å². The van der Waals surface area contributed by atoms with Crippen LogP contribution in [0.1, 0.15) is 49.9 Å². The molecule has 1 aliphatic heterocycles. The van der Waals surface area contributed by atoms with Crippen LogP contribution >= 0.6 is 0 Å². The first kappa shape index (κ1) is 19.6. The fraction of sp³-hybridized carbons (Fsp3) is 0.500. The van der Waals surface area contributed by atoms with E-state index in [1.807, 2.05) is 32.0 Å². The fourth-order valence-electron chi connectivity index (χ4n) is 4.78. The summed E-state index contributed by atoms with van der Waals surface area (Å²) in [6, 6.07) is 7.55. The van der Waals surface area contributed by atoms with Crippen LogP contribution in [0.5, 0.6) is 0 Å². The zero-order chi connectivity index (χ0) is 20.4. The number of aryl methyl sites for hydroxylation is 2. The van der Waals surface area contributed by atoms with E-state index in [0.29, 0.717) is 29.3 Å². The lowest BCUT2D eigenvalue weighted by atomic mass is 9.78. The first-order valence-corrected chi connectivity index (χ1v) is 10.5. The van der Waals surface area contributed by atoms with Gasteiger partial charge >= 0.3 is 0 Å². The zero-order valence-electron chi connectivity index (χ0n) is 17.2. The van der Waals surface area contributed by atoms with E-state index in [4.69, 9.17) is 5.73 Å². The third kappa shape index (κ3) is 4.49. The Morgan fingerprint density at radius 3 is 2.59 bits per heavy atom. The summed E-state index contributed by atoms with van der Waals surface area (Å²) in [7, 11) is 0. The number of rotatable bonds is 3. The van der Waals surface area contributed by atoms with Crippen molar-refractivity contribution in [3.8, 4) is 0 Å². The van der Waals surface area contributed by atoms with Gasteiger partial charge in [0.2, 0.25) is 5.96 Å². The van der Waals surface area contributed by atoms with Crippen LogP contribution in [0.4, 0.5) is 21.7 Å². The fourth-order valence-corrected chi connectivity index (χ4v) is 4.78. The van der Waals surface area contributed by atoms with Gasteiger partial charge in [0.1, 0.15) is 5.82 Å². The molecule has 0 bridgehead atoms. The van der Waals surface area contributed by atoms with Crippen molar-refractivity contribution in [1.82, 2.24) is 9.97 Å². The van der Waals surface area contributed by atoms with Gasteiger partial charge in [-0.1, -0.05) is 12.8 Å². The van der Waals surface area contributed by atoms with Crippen molar-refractivity contribution in [3.05, 3.63) is 41.5 Å². The van der Waals surface area contributed by atoms with Crippen molar-refractivity contribution in [2.75, 3.05) is 16.8 Å². The number of aromatic nitrogens is 2. The summed E-state index contributed by atoms with van der Waals surface area (Å²) < 4.78 is 15.0. The molecule has 1 aromatic heterocycles. The molecule has 2 heterocycles. The third-order valence-corrected chi connectivity index (χ3v) is 5.96. The molecule has 2 unspecified atom stereocenters. The lowest BCUT2D eigenvalue weighted by Crippen LogP contribution is -2.47. The number of guanidine groups is 1. The van der Waals surface area contributed by atoms with E-state index >= 15 is 0 Å². The van der Waals surface area contributed by atoms with Crippen molar-refractivity contribution in [2.45, 2.75) is 58.4 Å². The second kappa shape index (κ2) is 8.35. The molecular weight excluding hydrogens is 367 g/mol. The van der Waals surface area contributed by atoms with Crippen LogP contribution in [0, 0.1) is 25.6 Å². The quantitative estimate of drug-likeness (QED) is 0.592. The molecule has 4 rings (SSSR count). The summed E-state index contributed by atoms with van der Waals surface area (Å²) in [5.41, 5.74) is 8.88. The van der Waals surface area contributed by atoms with Crippen LogP contribution in [0.25, 0.3) is 0 Å². The molecule has 7 heteroatoms. The maximum Gasteiger partial charge on any atom is 0.253 e. The Bertz CT molecular complexity index is 890. The van der Waals surface area contributed by atoms with Gasteiger partial charge in [-0.3, -0.25) is 0 Å². The van der Waals surface area contributed by atoms with Gasteiger partial charge in [-0.2, -0.15) is 4.99 Å². The molecule has 2 atom stereocenters. The molecule has 2 fully saturated rings. The Hall–Kier alpha value is -2.70. The highest BCUT2D eigenvalue weighted by atomic mass is 19.1. The lowest BCUT2D eigenvalue weighted by Gasteiger charge is -2.45. The van der Waals surface area contributed by atoms with Crippen LogP contribution in [0.15, 0.2) is 29.3 Å². The summed E-state index contributed by atoms with van der Waals surface area (Å²) in [6.07, 6.45) is 7.40. The van der Waals surface area contributed by atoms with E-state index in [-0.39, 0.29) is 11.8 Å². The second-order valence-electron chi connectivity index (χ2n) is 8.19. The molecule has 1 saturated heterocycles. The van der Waals surface area contributed by atoms with E-state index in [1.165, 1.54) is 38.2 Å². The molecule has 1 aromatic carbocycles. The number of halogens is 1. The maximum atomic E-state index is 15.0. The minimum Gasteiger partial charge on any atom is -0.369 e. The van der Waals surface area contributed by atoms with E-state index in [0.717, 1.165) is 24.4 Å². The number of nitrogens with one attached hydrogen (secondary N) is 1. The Morgan fingerprint density at radius 2 is 1.83 bits per heavy atom. The molecular formula is C22H29FN6. The van der Waals surface area contributed by atoms with E-state index < -0.39 is 0 Å². The number of nitrogens with zero attached hydrogens (tertiary/aromatic N) is 4. The Morgan fingerprint density at radius 1 is 1.10 bits per heavy atom. The lowest BCUT2D eigenvalue weighted by molar-refractivity contribution is 0.242. The molecule has 1 aliphatic carbocycles. The Balaban J connectivity index is 1.50. The highest BCUT2D eigenvalue weighted by Crippen LogP contribution is 2.38. The minimum atomic E-state index is -0.225. The first-order chi connectivity index (χ1) is 14.0. The normalized spacial score (nSPS) is 22.3. The number of piperidine rings is 1. The molecule has 0 amide bonds. The van der Waals surface area contributed by atoms with E-state index in [9.17, 15) is 4.39 Å². The molecule has 0 radical (unpaired) electrons. The molecule has 2 aromatic rings. The standard InChI is InChI=1S/C22H29FN6/c1-14-12-15(2)26-22(25-14)28-21(24)27-17-9-10-20(18(23)13-17)29-11-5-7-16-6-3-4-8-19(16)29/h9-10,12-13,16,19H,3-8,11H2,1-2H3,(H3,24,25,26,27,28). The van der Waals surface area contributed by atoms with Gasteiger partial charge in [0.25, 0.3) is 5.95 Å². The van der Waals surface area contributed by atoms with Crippen molar-refractivity contribution < 1.29 is 4.39 Å². The van der Waals surface area contributed by atoms with Gasteiger partial charge in [-0.15, -0.1) is 0 Å². The number of anilines is 2. The topological polar surface area (TPSA) is 79.4 Å². The number of benzene rings is 1. The summed E-state index contributed by atoms with van der Waals surface area (Å²) in [5.74, 6) is 0.903. The summed E-state index contributed by atoms with van der Waals surface area (Å²) in [4.78, 5) is 15.0. The molecule has 2 aliphatic rings. The van der Waals surface area contributed by atoms with Crippen LogP contribution in [0.3, 0.4) is 0 Å². The predicted octanol–water partition coefficient (Wildman–Crippen LogP) is 4.45. The molecule has 6 nitrogen and oxygen atoms in total. The maximum absolute atomic E-state index is 15.0. The number of hydrogen-bond acceptors (Lipinski definition) is 4. The largest absolute Gasteiger partial charge is 0.369 e.